The average Bonchev–Trinajstić information content (AvgIpc) is 2.96. The van der Waals surface area contributed by atoms with Crippen LogP contribution in [0.1, 0.15) is 5.56 Å². The quantitative estimate of drug-likeness (QED) is 0.144. The van der Waals surface area contributed by atoms with Crippen molar-refractivity contribution in [3.63, 3.8) is 0 Å². The summed E-state index contributed by atoms with van der Waals surface area (Å²) in [5, 5.41) is 0. The number of alkyl halides is 2. The maximum atomic E-state index is 15.1. The zero-order valence-electron chi connectivity index (χ0n) is 21.2. The Labute approximate surface area is 230 Å². The zero-order chi connectivity index (χ0) is 29.3. The Morgan fingerprint density at radius 3 is 1.51 bits per heavy atom. The molecule has 0 aromatic heterocycles. The number of methoxy groups -OCH3 is 1. The topological polar surface area (TPSA) is 18.5 Å². The lowest BCUT2D eigenvalue weighted by molar-refractivity contribution is -0.185. The average molecular weight is 568 g/mol. The minimum Gasteiger partial charge on any atom is -0.497 e. The van der Waals surface area contributed by atoms with Crippen molar-refractivity contribution in [3.8, 4) is 44.9 Å². The monoisotopic (exact) mass is 568 g/mol. The third-order valence-corrected chi connectivity index (χ3v) is 6.40. The summed E-state index contributed by atoms with van der Waals surface area (Å²) in [7, 11) is 1.42. The molecule has 0 heterocycles. The molecule has 208 valence electrons. The first-order valence-electron chi connectivity index (χ1n) is 12.1. The van der Waals surface area contributed by atoms with E-state index in [1.54, 1.807) is 6.07 Å². The second-order valence-corrected chi connectivity index (χ2v) is 9.01. The first-order chi connectivity index (χ1) is 19.6. The van der Waals surface area contributed by atoms with Crippen LogP contribution in [0.15, 0.2) is 97.1 Å². The van der Waals surface area contributed by atoms with Gasteiger partial charge in [-0.15, -0.1) is 0 Å². The van der Waals surface area contributed by atoms with Crippen LogP contribution in [-0.4, -0.2) is 7.11 Å². The molecule has 0 atom stereocenters. The Bertz CT molecular complexity index is 1690. The molecule has 5 rings (SSSR count). The van der Waals surface area contributed by atoms with Crippen LogP contribution in [0.25, 0.3) is 33.4 Å². The Morgan fingerprint density at radius 1 is 0.488 bits per heavy atom. The second-order valence-electron chi connectivity index (χ2n) is 9.01. The van der Waals surface area contributed by atoms with E-state index in [9.17, 15) is 26.3 Å². The zero-order valence-corrected chi connectivity index (χ0v) is 21.2. The number of rotatable bonds is 7. The Balaban J connectivity index is 1.34. The van der Waals surface area contributed by atoms with Crippen molar-refractivity contribution < 1.29 is 40.2 Å². The molecule has 41 heavy (non-hydrogen) atoms. The van der Waals surface area contributed by atoms with E-state index >= 15 is 4.39 Å². The first-order valence-corrected chi connectivity index (χ1v) is 12.1. The van der Waals surface area contributed by atoms with Crippen molar-refractivity contribution in [1.29, 1.82) is 0 Å². The van der Waals surface area contributed by atoms with Crippen LogP contribution in [0.2, 0.25) is 0 Å². The first kappa shape index (κ1) is 27.8. The highest BCUT2D eigenvalue weighted by molar-refractivity contribution is 5.74. The van der Waals surface area contributed by atoms with Gasteiger partial charge in [0, 0.05) is 11.1 Å². The molecule has 0 bridgehead atoms. The van der Waals surface area contributed by atoms with Crippen molar-refractivity contribution in [2.24, 2.45) is 0 Å². The molecule has 0 saturated heterocycles. The number of hydrogen-bond donors (Lipinski definition) is 0. The van der Waals surface area contributed by atoms with Crippen molar-refractivity contribution in [2.45, 2.75) is 6.11 Å². The minimum atomic E-state index is -3.61. The van der Waals surface area contributed by atoms with Crippen LogP contribution in [0, 0.1) is 29.1 Å². The van der Waals surface area contributed by atoms with Gasteiger partial charge >= 0.3 is 6.11 Å². The van der Waals surface area contributed by atoms with Gasteiger partial charge in [-0.1, -0.05) is 36.4 Å². The Morgan fingerprint density at radius 2 is 0.951 bits per heavy atom. The molecular weight excluding hydrogens is 549 g/mol. The van der Waals surface area contributed by atoms with E-state index in [4.69, 9.17) is 9.47 Å². The molecule has 0 radical (unpaired) electrons. The van der Waals surface area contributed by atoms with Gasteiger partial charge < -0.3 is 9.47 Å². The van der Waals surface area contributed by atoms with Gasteiger partial charge in [-0.2, -0.15) is 8.78 Å². The fourth-order valence-electron chi connectivity index (χ4n) is 4.26. The van der Waals surface area contributed by atoms with Crippen LogP contribution < -0.4 is 9.47 Å². The van der Waals surface area contributed by atoms with Gasteiger partial charge in [0.15, 0.2) is 17.5 Å². The molecule has 0 aliphatic rings. The Kier molecular flexibility index (Phi) is 7.45. The molecule has 9 heteroatoms. The van der Waals surface area contributed by atoms with E-state index in [2.05, 4.69) is 0 Å². The van der Waals surface area contributed by atoms with Crippen molar-refractivity contribution in [1.82, 2.24) is 0 Å². The predicted octanol–water partition coefficient (Wildman–Crippen LogP) is 9.52. The van der Waals surface area contributed by atoms with Crippen molar-refractivity contribution in [3.05, 3.63) is 132 Å². The SMILES string of the molecule is COc1ccc(C(F)(F)Oc2ccc(-c3ccc(-c4ccc(-c5cc(F)c(F)c(F)c5)c(F)c4)c(F)c3)cc2)cc1. The number of ether oxygens (including phenoxy) is 2. The summed E-state index contributed by atoms with van der Waals surface area (Å²) in [6.45, 7) is 0. The third kappa shape index (κ3) is 5.75. The lowest BCUT2D eigenvalue weighted by Gasteiger charge is -2.18. The largest absolute Gasteiger partial charge is 0.497 e. The lowest BCUT2D eigenvalue weighted by atomic mass is 9.97. The van der Waals surface area contributed by atoms with Gasteiger partial charge in [0.25, 0.3) is 0 Å². The van der Waals surface area contributed by atoms with Gasteiger partial charge in [-0.05, 0) is 82.9 Å². The Hall–Kier alpha value is -4.79. The number of hydrogen-bond acceptors (Lipinski definition) is 2. The van der Waals surface area contributed by atoms with E-state index < -0.39 is 35.2 Å². The number of benzene rings is 5. The summed E-state index contributed by atoms with van der Waals surface area (Å²) in [5.74, 6) is -5.86. The molecule has 0 saturated carbocycles. The fraction of sp³-hybridized carbons (Fsp3) is 0.0625. The molecule has 0 aliphatic heterocycles. The van der Waals surface area contributed by atoms with Gasteiger partial charge in [-0.3, -0.25) is 0 Å². The van der Waals surface area contributed by atoms with E-state index in [0.29, 0.717) is 29.0 Å². The van der Waals surface area contributed by atoms with Crippen LogP contribution in [0.5, 0.6) is 11.5 Å². The normalized spacial score (nSPS) is 11.4. The molecular formula is C32H19F7O2. The van der Waals surface area contributed by atoms with Crippen molar-refractivity contribution in [2.75, 3.05) is 7.11 Å². The second kappa shape index (κ2) is 11.0. The number of halogens is 7. The molecule has 5 aromatic rings. The highest BCUT2D eigenvalue weighted by Gasteiger charge is 2.34. The summed E-state index contributed by atoms with van der Waals surface area (Å²) in [6, 6.07) is 19.9. The molecule has 0 aliphatic carbocycles. The van der Waals surface area contributed by atoms with E-state index in [0.717, 1.165) is 6.07 Å². The summed E-state index contributed by atoms with van der Waals surface area (Å²) < 4.78 is 109. The van der Waals surface area contributed by atoms with E-state index in [1.165, 1.54) is 79.9 Å². The summed E-state index contributed by atoms with van der Waals surface area (Å²) in [6.07, 6.45) is -3.61. The fourth-order valence-corrected chi connectivity index (χ4v) is 4.26. The third-order valence-electron chi connectivity index (χ3n) is 6.40. The molecule has 2 nitrogen and oxygen atoms in total. The van der Waals surface area contributed by atoms with Gasteiger partial charge in [-0.25, -0.2) is 22.0 Å². The molecule has 0 amide bonds. The smallest absolute Gasteiger partial charge is 0.426 e. The summed E-state index contributed by atoms with van der Waals surface area (Å²) in [5.41, 5.74) is 0.379. The van der Waals surface area contributed by atoms with Crippen LogP contribution in [0.3, 0.4) is 0 Å². The maximum absolute atomic E-state index is 15.1. The predicted molar refractivity (Wildman–Crippen MR) is 140 cm³/mol. The standard InChI is InChI=1S/C32H19F7O2/c1-40-23-10-6-22(7-11-23)32(38,39)41-24-8-2-18(3-9-24)19-4-12-25(27(33)14-19)20-5-13-26(28(34)15-20)21-16-29(35)31(37)30(36)17-21/h2-17H,1H3. The maximum Gasteiger partial charge on any atom is 0.426 e. The van der Waals surface area contributed by atoms with Crippen LogP contribution >= 0.6 is 0 Å². The molecule has 0 fully saturated rings. The van der Waals surface area contributed by atoms with Crippen LogP contribution in [0.4, 0.5) is 30.7 Å². The lowest BCUT2D eigenvalue weighted by Crippen LogP contribution is -2.21. The van der Waals surface area contributed by atoms with Gasteiger partial charge in [0.1, 0.15) is 23.1 Å². The summed E-state index contributed by atoms with van der Waals surface area (Å²) in [4.78, 5) is 0. The van der Waals surface area contributed by atoms with Crippen molar-refractivity contribution >= 4 is 0 Å². The van der Waals surface area contributed by atoms with E-state index in [1.807, 2.05) is 0 Å². The van der Waals surface area contributed by atoms with Crippen LogP contribution in [-0.2, 0) is 6.11 Å². The van der Waals surface area contributed by atoms with E-state index in [-0.39, 0.29) is 33.6 Å². The highest BCUT2D eigenvalue weighted by atomic mass is 19.3. The summed E-state index contributed by atoms with van der Waals surface area (Å²) >= 11 is 0. The van der Waals surface area contributed by atoms with Gasteiger partial charge in [0.05, 0.1) is 12.7 Å². The molecule has 0 unspecified atom stereocenters. The molecule has 0 N–H and O–H groups in total. The van der Waals surface area contributed by atoms with Gasteiger partial charge in [0.2, 0.25) is 0 Å². The minimum absolute atomic E-state index is 0.0507. The molecule has 0 spiro atoms. The highest BCUT2D eigenvalue weighted by Crippen LogP contribution is 2.35. The molecule has 5 aromatic carbocycles.